The molecule has 1 aromatic heterocycles. The number of nitrogens with zero attached hydrogens (tertiary/aromatic N) is 1. The summed E-state index contributed by atoms with van der Waals surface area (Å²) in [6.07, 6.45) is 0.549. The van der Waals surface area contributed by atoms with Crippen LogP contribution in [0.4, 0.5) is 4.39 Å². The Bertz CT molecular complexity index is 918. The maximum atomic E-state index is 13.4. The SMILES string of the molecule is O=C(O)c1c2c(nc3cc(F)ccc13)-c1ccccc1C2. The fraction of sp³-hybridized carbons (Fsp3) is 0.0588. The minimum absolute atomic E-state index is 0.228. The third-order valence-corrected chi connectivity index (χ3v) is 3.90. The van der Waals surface area contributed by atoms with Crippen molar-refractivity contribution in [3.63, 3.8) is 0 Å². The van der Waals surface area contributed by atoms with Crippen molar-refractivity contribution in [3.05, 3.63) is 65.0 Å². The van der Waals surface area contributed by atoms with Crippen LogP contribution in [0.2, 0.25) is 0 Å². The van der Waals surface area contributed by atoms with Gasteiger partial charge >= 0.3 is 5.97 Å². The van der Waals surface area contributed by atoms with Crippen molar-refractivity contribution in [1.82, 2.24) is 4.98 Å². The molecule has 2 aromatic carbocycles. The lowest BCUT2D eigenvalue weighted by atomic mass is 10.0. The highest BCUT2D eigenvalue weighted by Crippen LogP contribution is 2.39. The van der Waals surface area contributed by atoms with E-state index in [1.54, 1.807) is 0 Å². The Labute approximate surface area is 119 Å². The van der Waals surface area contributed by atoms with Crippen molar-refractivity contribution in [2.75, 3.05) is 0 Å². The van der Waals surface area contributed by atoms with E-state index in [-0.39, 0.29) is 5.56 Å². The number of carbonyl (C=O) groups is 1. The summed E-state index contributed by atoms with van der Waals surface area (Å²) in [7, 11) is 0. The quantitative estimate of drug-likeness (QED) is 0.578. The molecular weight excluding hydrogens is 269 g/mol. The lowest BCUT2D eigenvalue weighted by Crippen LogP contribution is -2.05. The Morgan fingerprint density at radius 2 is 2.00 bits per heavy atom. The molecular formula is C17H10FNO2. The summed E-state index contributed by atoms with van der Waals surface area (Å²) in [5.41, 5.74) is 3.96. The van der Waals surface area contributed by atoms with E-state index in [4.69, 9.17) is 0 Å². The van der Waals surface area contributed by atoms with Crippen molar-refractivity contribution >= 4 is 16.9 Å². The van der Waals surface area contributed by atoms with E-state index in [0.29, 0.717) is 28.6 Å². The largest absolute Gasteiger partial charge is 0.478 e. The van der Waals surface area contributed by atoms with E-state index in [9.17, 15) is 14.3 Å². The van der Waals surface area contributed by atoms with Crippen LogP contribution in [-0.4, -0.2) is 16.1 Å². The molecule has 1 heterocycles. The van der Waals surface area contributed by atoms with Gasteiger partial charge in [0.1, 0.15) is 5.82 Å². The molecule has 0 amide bonds. The van der Waals surface area contributed by atoms with Gasteiger partial charge in [-0.3, -0.25) is 0 Å². The fourth-order valence-electron chi connectivity index (χ4n) is 3.01. The molecule has 0 radical (unpaired) electrons. The Morgan fingerprint density at radius 1 is 1.19 bits per heavy atom. The zero-order chi connectivity index (χ0) is 14.6. The van der Waals surface area contributed by atoms with Crippen LogP contribution < -0.4 is 0 Å². The molecule has 4 heteroatoms. The van der Waals surface area contributed by atoms with Crippen LogP contribution in [-0.2, 0) is 6.42 Å². The Hall–Kier alpha value is -2.75. The topological polar surface area (TPSA) is 50.2 Å². The second kappa shape index (κ2) is 4.12. The van der Waals surface area contributed by atoms with Crippen molar-refractivity contribution in [3.8, 4) is 11.3 Å². The molecule has 102 valence electrons. The van der Waals surface area contributed by atoms with Gasteiger partial charge in [-0.15, -0.1) is 0 Å². The van der Waals surface area contributed by atoms with Gasteiger partial charge in [0.15, 0.2) is 0 Å². The Kier molecular flexibility index (Phi) is 2.36. The second-order valence-electron chi connectivity index (χ2n) is 5.11. The predicted octanol–water partition coefficient (Wildman–Crippen LogP) is 3.64. The normalized spacial score (nSPS) is 12.2. The van der Waals surface area contributed by atoms with Gasteiger partial charge in [0.2, 0.25) is 0 Å². The van der Waals surface area contributed by atoms with E-state index in [1.807, 2.05) is 24.3 Å². The second-order valence-corrected chi connectivity index (χ2v) is 5.11. The average Bonchev–Trinajstić information content (AvgIpc) is 2.82. The maximum Gasteiger partial charge on any atom is 0.336 e. The van der Waals surface area contributed by atoms with E-state index in [0.717, 1.165) is 11.1 Å². The van der Waals surface area contributed by atoms with Crippen LogP contribution in [0.5, 0.6) is 0 Å². The third kappa shape index (κ3) is 1.65. The van der Waals surface area contributed by atoms with Crippen LogP contribution >= 0.6 is 0 Å². The Balaban J connectivity index is 2.15. The summed E-state index contributed by atoms with van der Waals surface area (Å²) >= 11 is 0. The monoisotopic (exact) mass is 279 g/mol. The predicted molar refractivity (Wildman–Crippen MR) is 76.9 cm³/mol. The van der Waals surface area contributed by atoms with E-state index < -0.39 is 11.8 Å². The van der Waals surface area contributed by atoms with Crippen LogP contribution in [0.1, 0.15) is 21.5 Å². The van der Waals surface area contributed by atoms with Crippen molar-refractivity contribution in [1.29, 1.82) is 0 Å². The first-order valence-corrected chi connectivity index (χ1v) is 6.59. The number of carboxylic acids is 1. The van der Waals surface area contributed by atoms with Gasteiger partial charge in [-0.05, 0) is 23.3 Å². The lowest BCUT2D eigenvalue weighted by molar-refractivity contribution is 0.0698. The standard InChI is InChI=1S/C17H10FNO2/c18-10-5-6-12-14(8-10)19-16-11-4-2-1-3-9(11)7-13(16)15(12)17(20)21/h1-6,8H,7H2,(H,20,21). The fourth-order valence-corrected chi connectivity index (χ4v) is 3.01. The molecule has 1 aliphatic carbocycles. The zero-order valence-corrected chi connectivity index (χ0v) is 10.9. The molecule has 4 rings (SSSR count). The molecule has 0 spiro atoms. The number of benzene rings is 2. The summed E-state index contributed by atoms with van der Waals surface area (Å²) in [5.74, 6) is -1.42. The van der Waals surface area contributed by atoms with Crippen LogP contribution in [0, 0.1) is 5.82 Å². The molecule has 0 saturated heterocycles. The zero-order valence-electron chi connectivity index (χ0n) is 10.9. The highest BCUT2D eigenvalue weighted by molar-refractivity contribution is 6.06. The number of pyridine rings is 1. The first-order chi connectivity index (χ1) is 10.1. The first kappa shape index (κ1) is 12.0. The van der Waals surface area contributed by atoms with Gasteiger partial charge in [-0.2, -0.15) is 0 Å². The lowest BCUT2D eigenvalue weighted by Gasteiger charge is -2.09. The molecule has 21 heavy (non-hydrogen) atoms. The van der Waals surface area contributed by atoms with Crippen molar-refractivity contribution in [2.45, 2.75) is 6.42 Å². The van der Waals surface area contributed by atoms with Gasteiger partial charge in [0.25, 0.3) is 0 Å². The number of aromatic carboxylic acids is 1. The smallest absolute Gasteiger partial charge is 0.336 e. The minimum Gasteiger partial charge on any atom is -0.478 e. The van der Waals surface area contributed by atoms with Gasteiger partial charge in [0, 0.05) is 23.4 Å². The third-order valence-electron chi connectivity index (χ3n) is 3.90. The molecule has 0 saturated carbocycles. The van der Waals surface area contributed by atoms with Crippen LogP contribution in [0.3, 0.4) is 0 Å². The average molecular weight is 279 g/mol. The number of halogens is 1. The number of hydrogen-bond acceptors (Lipinski definition) is 2. The van der Waals surface area contributed by atoms with Crippen molar-refractivity contribution in [2.24, 2.45) is 0 Å². The van der Waals surface area contributed by atoms with E-state index in [2.05, 4.69) is 4.98 Å². The summed E-state index contributed by atoms with van der Waals surface area (Å²) in [5, 5.41) is 10.1. The first-order valence-electron chi connectivity index (χ1n) is 6.59. The Morgan fingerprint density at radius 3 is 2.81 bits per heavy atom. The molecule has 3 aromatic rings. The summed E-state index contributed by atoms with van der Waals surface area (Å²) in [6, 6.07) is 11.7. The van der Waals surface area contributed by atoms with Crippen LogP contribution in [0.15, 0.2) is 42.5 Å². The van der Waals surface area contributed by atoms with Gasteiger partial charge in [-0.1, -0.05) is 24.3 Å². The minimum atomic E-state index is -1.00. The molecule has 0 fully saturated rings. The summed E-state index contributed by atoms with van der Waals surface area (Å²) in [6.45, 7) is 0. The van der Waals surface area contributed by atoms with Gasteiger partial charge in [0.05, 0.1) is 16.8 Å². The summed E-state index contributed by atoms with van der Waals surface area (Å²) in [4.78, 5) is 16.2. The van der Waals surface area contributed by atoms with Gasteiger partial charge in [-0.25, -0.2) is 14.2 Å². The molecule has 0 atom stereocenters. The van der Waals surface area contributed by atoms with Crippen LogP contribution in [0.25, 0.3) is 22.2 Å². The molecule has 3 nitrogen and oxygen atoms in total. The number of carboxylic acid groups (broad SMARTS) is 1. The van der Waals surface area contributed by atoms with E-state index in [1.165, 1.54) is 18.2 Å². The maximum absolute atomic E-state index is 13.4. The molecule has 0 aliphatic heterocycles. The molecule has 0 unspecified atom stereocenters. The molecule has 0 bridgehead atoms. The molecule has 1 aliphatic rings. The summed E-state index contributed by atoms with van der Waals surface area (Å²) < 4.78 is 13.4. The van der Waals surface area contributed by atoms with Crippen molar-refractivity contribution < 1.29 is 14.3 Å². The molecule has 1 N–H and O–H groups in total. The number of fused-ring (bicyclic) bond motifs is 4. The highest BCUT2D eigenvalue weighted by atomic mass is 19.1. The van der Waals surface area contributed by atoms with Gasteiger partial charge < -0.3 is 5.11 Å². The number of aromatic nitrogens is 1. The van der Waals surface area contributed by atoms with E-state index >= 15 is 0 Å². The highest BCUT2D eigenvalue weighted by Gasteiger charge is 2.27. The number of hydrogen-bond donors (Lipinski definition) is 1. The number of rotatable bonds is 1.